The van der Waals surface area contributed by atoms with Crippen molar-refractivity contribution in [3.63, 3.8) is 0 Å². The highest BCUT2D eigenvalue weighted by Crippen LogP contribution is 2.37. The van der Waals surface area contributed by atoms with Crippen LogP contribution in [0.2, 0.25) is 0 Å². The van der Waals surface area contributed by atoms with Gasteiger partial charge in [-0.2, -0.15) is 0 Å². The minimum atomic E-state index is -0.275. The van der Waals surface area contributed by atoms with Crippen molar-refractivity contribution in [2.24, 2.45) is 0 Å². The predicted octanol–water partition coefficient (Wildman–Crippen LogP) is 4.27. The minimum absolute atomic E-state index is 0.0623. The number of nitrogens with zero attached hydrogens (tertiary/aromatic N) is 3. The molecule has 0 radical (unpaired) electrons. The molecule has 5 nitrogen and oxygen atoms in total. The van der Waals surface area contributed by atoms with Crippen LogP contribution in [0, 0.1) is 5.82 Å². The molecule has 0 unspecified atom stereocenters. The van der Waals surface area contributed by atoms with E-state index >= 15 is 0 Å². The molecule has 3 heterocycles. The van der Waals surface area contributed by atoms with Crippen molar-refractivity contribution in [3.8, 4) is 0 Å². The van der Waals surface area contributed by atoms with Gasteiger partial charge in [-0.25, -0.2) is 14.4 Å². The molecule has 0 spiro atoms. The van der Waals surface area contributed by atoms with Crippen molar-refractivity contribution in [3.05, 3.63) is 82.6 Å². The number of aryl methyl sites for hydroxylation is 1. The molecular formula is C22H19FN4OS. The molecule has 0 aliphatic carbocycles. The highest BCUT2D eigenvalue weighted by molar-refractivity contribution is 7.18. The lowest BCUT2D eigenvalue weighted by molar-refractivity contribution is -0.133. The molecule has 7 heteroatoms. The van der Waals surface area contributed by atoms with Crippen molar-refractivity contribution < 1.29 is 9.18 Å². The third-order valence-corrected chi connectivity index (χ3v) is 6.42. The van der Waals surface area contributed by atoms with Gasteiger partial charge in [-0.1, -0.05) is 24.3 Å². The number of rotatable bonds is 4. The Kier molecular flexibility index (Phi) is 4.60. The zero-order valence-corrected chi connectivity index (χ0v) is 16.5. The number of carbonyl (C=O) groups is 1. The molecule has 5 rings (SSSR count). The zero-order chi connectivity index (χ0) is 19.8. The first kappa shape index (κ1) is 18.0. The summed E-state index contributed by atoms with van der Waals surface area (Å²) in [5, 5.41) is 0.884. The number of hydrogen-bond acceptors (Lipinski definition) is 4. The van der Waals surface area contributed by atoms with Gasteiger partial charge in [0.05, 0.1) is 22.2 Å². The molecule has 146 valence electrons. The van der Waals surface area contributed by atoms with Crippen LogP contribution in [0.15, 0.2) is 54.9 Å². The Labute approximate surface area is 171 Å². The Hall–Kier alpha value is -3.06. The average molecular weight is 406 g/mol. The van der Waals surface area contributed by atoms with E-state index in [0.29, 0.717) is 19.4 Å². The number of hydrogen-bond donors (Lipinski definition) is 1. The van der Waals surface area contributed by atoms with Crippen LogP contribution in [0.4, 0.5) is 4.39 Å². The van der Waals surface area contributed by atoms with Crippen LogP contribution in [-0.2, 0) is 17.6 Å². The van der Waals surface area contributed by atoms with E-state index in [1.165, 1.54) is 12.1 Å². The maximum atomic E-state index is 13.2. The lowest BCUT2D eigenvalue weighted by Crippen LogP contribution is -2.40. The number of benzene rings is 2. The van der Waals surface area contributed by atoms with Gasteiger partial charge in [-0.05, 0) is 36.2 Å². The van der Waals surface area contributed by atoms with E-state index in [9.17, 15) is 9.18 Å². The van der Waals surface area contributed by atoms with Crippen molar-refractivity contribution >= 4 is 27.5 Å². The predicted molar refractivity (Wildman–Crippen MR) is 110 cm³/mol. The van der Waals surface area contributed by atoms with Gasteiger partial charge in [0.15, 0.2) is 0 Å². The second kappa shape index (κ2) is 7.40. The number of amides is 1. The summed E-state index contributed by atoms with van der Waals surface area (Å²) in [6.45, 7) is 0.623. The van der Waals surface area contributed by atoms with Gasteiger partial charge >= 0.3 is 0 Å². The molecule has 1 amide bonds. The van der Waals surface area contributed by atoms with Crippen LogP contribution >= 0.6 is 11.3 Å². The molecule has 0 saturated heterocycles. The highest BCUT2D eigenvalue weighted by Gasteiger charge is 2.35. The van der Waals surface area contributed by atoms with Gasteiger partial charge in [0.1, 0.15) is 16.9 Å². The van der Waals surface area contributed by atoms with E-state index in [0.717, 1.165) is 38.6 Å². The van der Waals surface area contributed by atoms with E-state index in [-0.39, 0.29) is 17.8 Å². The Bertz CT molecular complexity index is 1130. The van der Waals surface area contributed by atoms with Gasteiger partial charge < -0.3 is 9.88 Å². The Morgan fingerprint density at radius 1 is 1.21 bits per heavy atom. The van der Waals surface area contributed by atoms with Gasteiger partial charge in [0, 0.05) is 25.1 Å². The van der Waals surface area contributed by atoms with E-state index in [4.69, 9.17) is 4.98 Å². The Morgan fingerprint density at radius 3 is 2.86 bits per heavy atom. The fourth-order valence-electron chi connectivity index (χ4n) is 3.85. The molecular weight excluding hydrogens is 387 g/mol. The van der Waals surface area contributed by atoms with Crippen LogP contribution in [0.5, 0.6) is 0 Å². The molecule has 4 aromatic rings. The summed E-state index contributed by atoms with van der Waals surface area (Å²) >= 11 is 1.61. The summed E-state index contributed by atoms with van der Waals surface area (Å²) in [5.41, 5.74) is 3.84. The lowest BCUT2D eigenvalue weighted by Gasteiger charge is -2.33. The van der Waals surface area contributed by atoms with E-state index in [2.05, 4.69) is 9.97 Å². The third kappa shape index (κ3) is 3.42. The number of fused-ring (bicyclic) bond motifs is 2. The number of thiazole rings is 1. The third-order valence-electron chi connectivity index (χ3n) is 5.33. The van der Waals surface area contributed by atoms with Crippen LogP contribution in [0.25, 0.3) is 10.2 Å². The summed E-state index contributed by atoms with van der Waals surface area (Å²) < 4.78 is 14.2. The number of aromatic amines is 1. The first-order valence-electron chi connectivity index (χ1n) is 9.60. The smallest absolute Gasteiger partial charge is 0.223 e. The first-order valence-corrected chi connectivity index (χ1v) is 10.4. The number of nitrogens with one attached hydrogen (secondary N) is 1. The van der Waals surface area contributed by atoms with Crippen LogP contribution in [-0.4, -0.2) is 32.3 Å². The monoisotopic (exact) mass is 406 g/mol. The highest BCUT2D eigenvalue weighted by atomic mass is 32.1. The number of aromatic nitrogens is 3. The number of imidazole rings is 1. The molecule has 0 bridgehead atoms. The molecule has 0 fully saturated rings. The van der Waals surface area contributed by atoms with E-state index in [1.54, 1.807) is 29.8 Å². The lowest BCUT2D eigenvalue weighted by atomic mass is 10.0. The van der Waals surface area contributed by atoms with E-state index in [1.807, 2.05) is 29.2 Å². The second-order valence-electron chi connectivity index (χ2n) is 7.15. The fraction of sp³-hybridized carbons (Fsp3) is 0.227. The van der Waals surface area contributed by atoms with Crippen LogP contribution in [0.1, 0.15) is 34.4 Å². The minimum Gasteiger partial charge on any atom is -0.348 e. The van der Waals surface area contributed by atoms with Crippen molar-refractivity contribution in [1.29, 1.82) is 0 Å². The molecule has 1 aliphatic heterocycles. The summed E-state index contributed by atoms with van der Waals surface area (Å²) in [6.07, 6.45) is 3.39. The molecule has 1 atom stereocenters. The number of H-pyrrole nitrogens is 1. The molecule has 1 N–H and O–H groups in total. The summed E-state index contributed by atoms with van der Waals surface area (Å²) in [7, 11) is 0. The SMILES string of the molecule is O=C(CCc1ccc(F)cc1)N1CCc2[nH]cnc2[C@H]1c1nc2ccccc2s1. The van der Waals surface area contributed by atoms with Gasteiger partial charge in [-0.3, -0.25) is 4.79 Å². The van der Waals surface area contributed by atoms with Gasteiger partial charge in [0.2, 0.25) is 5.91 Å². The van der Waals surface area contributed by atoms with Crippen molar-refractivity contribution in [2.45, 2.75) is 25.3 Å². The molecule has 29 heavy (non-hydrogen) atoms. The number of para-hydroxylation sites is 1. The maximum absolute atomic E-state index is 13.2. The zero-order valence-electron chi connectivity index (χ0n) is 15.6. The van der Waals surface area contributed by atoms with Crippen molar-refractivity contribution in [2.75, 3.05) is 6.54 Å². The summed E-state index contributed by atoms with van der Waals surface area (Å²) in [6, 6.07) is 14.1. The molecule has 0 saturated carbocycles. The number of carbonyl (C=O) groups excluding carboxylic acids is 1. The van der Waals surface area contributed by atoms with Gasteiger partial charge in [0.25, 0.3) is 0 Å². The molecule has 1 aliphatic rings. The summed E-state index contributed by atoms with van der Waals surface area (Å²) in [4.78, 5) is 27.6. The second-order valence-corrected chi connectivity index (χ2v) is 8.21. The largest absolute Gasteiger partial charge is 0.348 e. The Morgan fingerprint density at radius 2 is 2.03 bits per heavy atom. The molecule has 2 aromatic carbocycles. The van der Waals surface area contributed by atoms with Crippen LogP contribution < -0.4 is 0 Å². The number of halogens is 1. The van der Waals surface area contributed by atoms with Crippen LogP contribution in [0.3, 0.4) is 0 Å². The first-order chi connectivity index (χ1) is 14.2. The quantitative estimate of drug-likeness (QED) is 0.551. The Balaban J connectivity index is 1.44. The standard InChI is InChI=1S/C22H19FN4OS/c23-15-8-5-14(6-9-15)7-10-19(28)27-12-11-17-20(25-13-24-17)21(27)22-26-16-3-1-2-4-18(16)29-22/h1-6,8-9,13,21H,7,10-12H2,(H,24,25)/t21-/m0/s1. The maximum Gasteiger partial charge on any atom is 0.223 e. The summed E-state index contributed by atoms with van der Waals surface area (Å²) in [5.74, 6) is -0.203. The van der Waals surface area contributed by atoms with Gasteiger partial charge in [-0.15, -0.1) is 11.3 Å². The fourth-order valence-corrected chi connectivity index (χ4v) is 4.93. The topological polar surface area (TPSA) is 61.9 Å². The normalized spacial score (nSPS) is 16.2. The van der Waals surface area contributed by atoms with Crippen molar-refractivity contribution in [1.82, 2.24) is 19.9 Å². The van der Waals surface area contributed by atoms with E-state index < -0.39 is 0 Å². The average Bonchev–Trinajstić information content (AvgIpc) is 3.39. The molecule has 2 aromatic heterocycles.